The molecule has 0 unspecified atom stereocenters. The Labute approximate surface area is 150 Å². The summed E-state index contributed by atoms with van der Waals surface area (Å²) in [5.41, 5.74) is 3.41. The van der Waals surface area contributed by atoms with Crippen LogP contribution in [-0.2, 0) is 9.84 Å². The summed E-state index contributed by atoms with van der Waals surface area (Å²) in [6, 6.07) is 10.1. The number of carbonyl (C=O) groups is 1. The van der Waals surface area contributed by atoms with Gasteiger partial charge in [-0.05, 0) is 49.2 Å². The van der Waals surface area contributed by atoms with Crippen LogP contribution in [0.4, 0.5) is 5.13 Å². The Hall–Kier alpha value is -2.25. The lowest BCUT2D eigenvalue weighted by atomic mass is 10.1. The third kappa shape index (κ3) is 3.43. The van der Waals surface area contributed by atoms with Gasteiger partial charge in [0.1, 0.15) is 0 Å². The van der Waals surface area contributed by atoms with E-state index in [0.29, 0.717) is 10.7 Å². The number of aryl methyl sites for hydroxylation is 2. The third-order valence-electron chi connectivity index (χ3n) is 4.14. The number of hydrogen-bond donors (Lipinski definition) is 1. The van der Waals surface area contributed by atoms with Crippen LogP contribution in [0.3, 0.4) is 0 Å². The average molecular weight is 374 g/mol. The van der Waals surface area contributed by atoms with E-state index >= 15 is 0 Å². The molecular formula is C18H18N2O3S2. The van der Waals surface area contributed by atoms with Crippen molar-refractivity contribution in [3.05, 3.63) is 53.1 Å². The number of benzene rings is 2. The van der Waals surface area contributed by atoms with Gasteiger partial charge < -0.3 is 0 Å². The molecule has 0 aliphatic heterocycles. The maximum absolute atomic E-state index is 12.5. The van der Waals surface area contributed by atoms with Gasteiger partial charge in [0.05, 0.1) is 20.9 Å². The topological polar surface area (TPSA) is 76.1 Å². The van der Waals surface area contributed by atoms with Gasteiger partial charge in [-0.25, -0.2) is 13.4 Å². The molecule has 1 aromatic heterocycles. The molecule has 1 heterocycles. The Morgan fingerprint density at radius 2 is 1.96 bits per heavy atom. The molecule has 0 radical (unpaired) electrons. The number of fused-ring (bicyclic) bond motifs is 1. The van der Waals surface area contributed by atoms with E-state index in [-0.39, 0.29) is 16.6 Å². The van der Waals surface area contributed by atoms with Crippen LogP contribution in [0.25, 0.3) is 10.2 Å². The van der Waals surface area contributed by atoms with E-state index in [4.69, 9.17) is 0 Å². The Balaban J connectivity index is 1.90. The van der Waals surface area contributed by atoms with Gasteiger partial charge in [-0.15, -0.1) is 0 Å². The van der Waals surface area contributed by atoms with E-state index in [0.717, 1.165) is 21.3 Å². The molecule has 1 amide bonds. The van der Waals surface area contributed by atoms with Gasteiger partial charge in [0.15, 0.2) is 15.0 Å². The summed E-state index contributed by atoms with van der Waals surface area (Å²) in [6.45, 7) is 5.60. The molecule has 7 heteroatoms. The maximum Gasteiger partial charge on any atom is 0.257 e. The number of rotatable bonds is 4. The molecule has 3 aromatic rings. The van der Waals surface area contributed by atoms with E-state index in [1.165, 1.54) is 23.5 Å². The maximum atomic E-state index is 12.5. The SMILES string of the molecule is CCS(=O)(=O)c1cccc(C(=O)Nc2nc3c(C)c(C)ccc3s2)c1. The lowest BCUT2D eigenvalue weighted by Gasteiger charge is -2.05. The van der Waals surface area contributed by atoms with E-state index in [1.807, 2.05) is 26.0 Å². The first-order valence-electron chi connectivity index (χ1n) is 7.82. The molecule has 5 nitrogen and oxygen atoms in total. The first-order valence-corrected chi connectivity index (χ1v) is 10.3. The summed E-state index contributed by atoms with van der Waals surface area (Å²) < 4.78 is 25.0. The number of thiazole rings is 1. The van der Waals surface area contributed by atoms with Crippen LogP contribution >= 0.6 is 11.3 Å². The number of anilines is 1. The molecule has 3 rings (SSSR count). The molecule has 1 N–H and O–H groups in total. The Morgan fingerprint density at radius 3 is 2.68 bits per heavy atom. The van der Waals surface area contributed by atoms with Crippen molar-refractivity contribution in [2.24, 2.45) is 0 Å². The summed E-state index contributed by atoms with van der Waals surface area (Å²) in [4.78, 5) is 17.1. The van der Waals surface area contributed by atoms with Crippen molar-refractivity contribution in [1.82, 2.24) is 4.98 Å². The van der Waals surface area contributed by atoms with Gasteiger partial charge in [0.25, 0.3) is 5.91 Å². The molecule has 0 bridgehead atoms. The minimum absolute atomic E-state index is 0.00539. The molecule has 0 saturated heterocycles. The number of aromatic nitrogens is 1. The summed E-state index contributed by atoms with van der Waals surface area (Å²) in [5.74, 6) is -0.379. The second kappa shape index (κ2) is 6.57. The monoisotopic (exact) mass is 374 g/mol. The fourth-order valence-corrected chi connectivity index (χ4v) is 4.29. The summed E-state index contributed by atoms with van der Waals surface area (Å²) in [6.07, 6.45) is 0. The second-order valence-electron chi connectivity index (χ2n) is 5.76. The zero-order valence-electron chi connectivity index (χ0n) is 14.2. The van der Waals surface area contributed by atoms with E-state index < -0.39 is 9.84 Å². The van der Waals surface area contributed by atoms with Crippen LogP contribution in [0.15, 0.2) is 41.3 Å². The van der Waals surface area contributed by atoms with Gasteiger partial charge in [0.2, 0.25) is 0 Å². The molecular weight excluding hydrogens is 356 g/mol. The minimum atomic E-state index is -3.35. The first-order chi connectivity index (χ1) is 11.8. The van der Waals surface area contributed by atoms with Gasteiger partial charge in [0, 0.05) is 5.56 Å². The number of amides is 1. The van der Waals surface area contributed by atoms with Crippen LogP contribution < -0.4 is 5.32 Å². The summed E-state index contributed by atoms with van der Waals surface area (Å²) in [5, 5.41) is 3.26. The molecule has 0 spiro atoms. The van der Waals surface area contributed by atoms with Crippen molar-refractivity contribution in [3.8, 4) is 0 Å². The third-order valence-corrected chi connectivity index (χ3v) is 6.81. The Kier molecular flexibility index (Phi) is 4.62. The number of nitrogens with zero attached hydrogens (tertiary/aromatic N) is 1. The van der Waals surface area contributed by atoms with Gasteiger partial charge in [-0.2, -0.15) is 0 Å². The van der Waals surface area contributed by atoms with E-state index in [9.17, 15) is 13.2 Å². The summed E-state index contributed by atoms with van der Waals surface area (Å²) >= 11 is 1.40. The highest BCUT2D eigenvalue weighted by Crippen LogP contribution is 2.30. The minimum Gasteiger partial charge on any atom is -0.298 e. The Bertz CT molecular complexity index is 1070. The van der Waals surface area contributed by atoms with Crippen LogP contribution in [0.1, 0.15) is 28.4 Å². The van der Waals surface area contributed by atoms with Crippen molar-refractivity contribution < 1.29 is 13.2 Å². The number of sulfone groups is 1. The number of carbonyl (C=O) groups excluding carboxylic acids is 1. The molecule has 0 aliphatic carbocycles. The van der Waals surface area contributed by atoms with Gasteiger partial charge >= 0.3 is 0 Å². The van der Waals surface area contributed by atoms with Crippen molar-refractivity contribution >= 4 is 42.4 Å². The van der Waals surface area contributed by atoms with Crippen LogP contribution in [0.5, 0.6) is 0 Å². The zero-order chi connectivity index (χ0) is 18.2. The molecule has 0 saturated carbocycles. The number of nitrogens with one attached hydrogen (secondary N) is 1. The Morgan fingerprint density at radius 1 is 1.20 bits per heavy atom. The predicted molar refractivity (Wildman–Crippen MR) is 101 cm³/mol. The van der Waals surface area contributed by atoms with Crippen LogP contribution in [0.2, 0.25) is 0 Å². The van der Waals surface area contributed by atoms with Crippen molar-refractivity contribution in [2.45, 2.75) is 25.7 Å². The van der Waals surface area contributed by atoms with Crippen molar-refractivity contribution in [2.75, 3.05) is 11.1 Å². The molecule has 0 fully saturated rings. The zero-order valence-corrected chi connectivity index (χ0v) is 15.8. The number of hydrogen-bond acceptors (Lipinski definition) is 5. The molecule has 0 atom stereocenters. The van der Waals surface area contributed by atoms with Crippen LogP contribution in [0, 0.1) is 13.8 Å². The quantitative estimate of drug-likeness (QED) is 0.750. The fraction of sp³-hybridized carbons (Fsp3) is 0.222. The van der Waals surface area contributed by atoms with E-state index in [1.54, 1.807) is 19.1 Å². The van der Waals surface area contributed by atoms with E-state index in [2.05, 4.69) is 10.3 Å². The highest BCUT2D eigenvalue weighted by molar-refractivity contribution is 7.91. The highest BCUT2D eigenvalue weighted by atomic mass is 32.2. The highest BCUT2D eigenvalue weighted by Gasteiger charge is 2.16. The largest absolute Gasteiger partial charge is 0.298 e. The normalized spacial score (nSPS) is 11.6. The van der Waals surface area contributed by atoms with Gasteiger partial charge in [-0.1, -0.05) is 30.4 Å². The van der Waals surface area contributed by atoms with Gasteiger partial charge in [-0.3, -0.25) is 10.1 Å². The second-order valence-corrected chi connectivity index (χ2v) is 9.07. The molecule has 130 valence electrons. The first kappa shape index (κ1) is 17.6. The lowest BCUT2D eigenvalue weighted by Crippen LogP contribution is -2.13. The summed E-state index contributed by atoms with van der Waals surface area (Å²) in [7, 11) is -3.35. The fourth-order valence-electron chi connectivity index (χ4n) is 2.45. The van der Waals surface area contributed by atoms with Crippen LogP contribution in [-0.4, -0.2) is 25.1 Å². The van der Waals surface area contributed by atoms with Crippen molar-refractivity contribution in [1.29, 1.82) is 0 Å². The average Bonchev–Trinajstić information content (AvgIpc) is 3.01. The predicted octanol–water partition coefficient (Wildman–Crippen LogP) is 3.96. The molecule has 0 aliphatic rings. The molecule has 2 aromatic carbocycles. The van der Waals surface area contributed by atoms with Crippen molar-refractivity contribution in [3.63, 3.8) is 0 Å². The smallest absolute Gasteiger partial charge is 0.257 e. The standard InChI is InChI=1S/C18H18N2O3S2/c1-4-25(22,23)14-7-5-6-13(10-14)17(21)20-18-19-16-12(3)11(2)8-9-15(16)24-18/h5-10H,4H2,1-3H3,(H,19,20,21). The molecule has 25 heavy (non-hydrogen) atoms. The lowest BCUT2D eigenvalue weighted by molar-refractivity contribution is 0.102.